The second kappa shape index (κ2) is 12.2. The molecule has 2 saturated heterocycles. The lowest BCUT2D eigenvalue weighted by Gasteiger charge is -2.40. The van der Waals surface area contributed by atoms with E-state index in [4.69, 9.17) is 16.3 Å². The molecule has 1 unspecified atom stereocenters. The number of likely N-dealkylation sites (tertiary alicyclic amines) is 2. The average Bonchev–Trinajstić information content (AvgIpc) is 3.47. The predicted octanol–water partition coefficient (Wildman–Crippen LogP) is 3.99. The van der Waals surface area contributed by atoms with Crippen LogP contribution in [0.1, 0.15) is 36.8 Å². The van der Waals surface area contributed by atoms with Crippen molar-refractivity contribution in [1.29, 1.82) is 0 Å². The van der Waals surface area contributed by atoms with Gasteiger partial charge in [0.2, 0.25) is 0 Å². The minimum Gasteiger partial charge on any atom is -0.461 e. The molecule has 1 aromatic heterocycles. The van der Waals surface area contributed by atoms with Crippen molar-refractivity contribution < 1.29 is 19.1 Å². The number of para-hydroxylation sites is 1. The van der Waals surface area contributed by atoms with Gasteiger partial charge in [-0.2, -0.15) is 5.10 Å². The zero-order valence-electron chi connectivity index (χ0n) is 23.6. The molecule has 2 fully saturated rings. The maximum atomic E-state index is 13.5. The van der Waals surface area contributed by atoms with E-state index in [2.05, 4.69) is 32.8 Å². The summed E-state index contributed by atoms with van der Waals surface area (Å²) in [6.45, 7) is 3.22. The van der Waals surface area contributed by atoms with Crippen molar-refractivity contribution in [3.05, 3.63) is 58.7 Å². The Morgan fingerprint density at radius 3 is 2.67 bits per heavy atom. The number of benzene rings is 2. The SMILES string of the molecule is CN1CCC(OC(=O)C(Cc2cc(Cl)c3[nH]ncc3c2)NC(=O)N2CCC(N3Cc4ccccc4NC3=O)CC2)CC1. The van der Waals surface area contributed by atoms with Gasteiger partial charge in [0.1, 0.15) is 12.1 Å². The lowest BCUT2D eigenvalue weighted by molar-refractivity contribution is -0.153. The number of esters is 1. The van der Waals surface area contributed by atoms with Gasteiger partial charge in [0.05, 0.1) is 16.7 Å². The fourth-order valence-electron chi connectivity index (χ4n) is 6.11. The Balaban J connectivity index is 1.11. The summed E-state index contributed by atoms with van der Waals surface area (Å²) in [6, 6.07) is 10.2. The topological polar surface area (TPSA) is 123 Å². The molecule has 12 heteroatoms. The van der Waals surface area contributed by atoms with E-state index in [0.717, 1.165) is 53.6 Å². The number of fused-ring (bicyclic) bond motifs is 2. The quantitative estimate of drug-likeness (QED) is 0.372. The van der Waals surface area contributed by atoms with E-state index >= 15 is 0 Å². The van der Waals surface area contributed by atoms with Gasteiger partial charge in [0.15, 0.2) is 0 Å². The number of amides is 4. The number of ether oxygens (including phenoxy) is 1. The second-order valence-corrected chi connectivity index (χ2v) is 11.9. The van der Waals surface area contributed by atoms with Crippen molar-refractivity contribution in [1.82, 2.24) is 30.2 Å². The minimum atomic E-state index is -0.875. The Kier molecular flexibility index (Phi) is 8.21. The first-order chi connectivity index (χ1) is 20.3. The van der Waals surface area contributed by atoms with Crippen LogP contribution < -0.4 is 10.6 Å². The number of nitrogens with one attached hydrogen (secondary N) is 3. The Hall–Kier alpha value is -3.83. The number of anilines is 1. The second-order valence-electron chi connectivity index (χ2n) is 11.5. The standard InChI is InChI=1S/C30H36ClN7O4/c1-36-10-8-23(9-11-36)42-28(39)26(16-19-14-21-17-32-35-27(21)24(31)15-19)34-29(40)37-12-6-22(7-13-37)38-18-20-4-2-3-5-25(20)33-30(38)41/h2-5,14-15,17,22-23,26H,6-13,16,18H2,1H3,(H,32,35)(H,33,41)(H,34,40). The normalized spacial score (nSPS) is 19.3. The van der Waals surface area contributed by atoms with E-state index in [1.54, 1.807) is 17.2 Å². The number of aromatic nitrogens is 2. The van der Waals surface area contributed by atoms with Crippen LogP contribution in [-0.4, -0.2) is 94.3 Å². The molecule has 6 rings (SSSR count). The Labute approximate surface area is 249 Å². The van der Waals surface area contributed by atoms with Crippen LogP contribution in [-0.2, 0) is 22.5 Å². The summed E-state index contributed by atoms with van der Waals surface area (Å²) in [7, 11) is 2.05. The number of carbonyl (C=O) groups excluding carboxylic acids is 3. The molecule has 4 amide bonds. The zero-order valence-corrected chi connectivity index (χ0v) is 24.4. The van der Waals surface area contributed by atoms with Crippen LogP contribution in [0.3, 0.4) is 0 Å². The fourth-order valence-corrected chi connectivity index (χ4v) is 6.40. The van der Waals surface area contributed by atoms with E-state index in [-0.39, 0.29) is 30.6 Å². The summed E-state index contributed by atoms with van der Waals surface area (Å²) in [5, 5.41) is 14.2. The van der Waals surface area contributed by atoms with Crippen molar-refractivity contribution in [2.75, 3.05) is 38.5 Å². The van der Waals surface area contributed by atoms with Crippen LogP contribution in [0.4, 0.5) is 15.3 Å². The van der Waals surface area contributed by atoms with Gasteiger partial charge in [-0.05, 0) is 62.1 Å². The highest BCUT2D eigenvalue weighted by Crippen LogP contribution is 2.28. The molecule has 1 atom stereocenters. The van der Waals surface area contributed by atoms with Gasteiger partial charge in [-0.15, -0.1) is 0 Å². The van der Waals surface area contributed by atoms with Gasteiger partial charge in [-0.1, -0.05) is 29.8 Å². The third-order valence-electron chi connectivity index (χ3n) is 8.58. The van der Waals surface area contributed by atoms with E-state index in [1.165, 1.54) is 0 Å². The number of rotatable bonds is 6. The molecular formula is C30H36ClN7O4. The smallest absolute Gasteiger partial charge is 0.329 e. The number of carbonyl (C=O) groups is 3. The zero-order chi connectivity index (χ0) is 29.2. The van der Waals surface area contributed by atoms with E-state index < -0.39 is 12.0 Å². The van der Waals surface area contributed by atoms with E-state index in [0.29, 0.717) is 37.5 Å². The molecule has 3 aliphatic heterocycles. The first kappa shape index (κ1) is 28.3. The molecule has 0 spiro atoms. The molecule has 0 aliphatic carbocycles. The first-order valence-electron chi connectivity index (χ1n) is 14.6. The van der Waals surface area contributed by atoms with Gasteiger partial charge in [-0.25, -0.2) is 14.4 Å². The molecule has 222 valence electrons. The van der Waals surface area contributed by atoms with Gasteiger partial charge < -0.3 is 30.1 Å². The number of urea groups is 2. The highest BCUT2D eigenvalue weighted by atomic mass is 35.5. The van der Waals surface area contributed by atoms with Crippen molar-refractivity contribution in [3.63, 3.8) is 0 Å². The third-order valence-corrected chi connectivity index (χ3v) is 8.88. The third kappa shape index (κ3) is 6.17. The predicted molar refractivity (Wildman–Crippen MR) is 159 cm³/mol. The number of nitrogens with zero attached hydrogens (tertiary/aromatic N) is 4. The average molecular weight is 594 g/mol. The molecule has 3 aliphatic rings. The minimum absolute atomic E-state index is 0.0245. The monoisotopic (exact) mass is 593 g/mol. The van der Waals surface area contributed by atoms with Crippen molar-refractivity contribution in [2.45, 2.75) is 56.8 Å². The highest BCUT2D eigenvalue weighted by molar-refractivity contribution is 6.35. The van der Waals surface area contributed by atoms with Crippen LogP contribution in [0, 0.1) is 0 Å². The Bertz CT molecular complexity index is 1460. The van der Waals surface area contributed by atoms with Gasteiger partial charge in [0.25, 0.3) is 0 Å². The maximum absolute atomic E-state index is 13.5. The van der Waals surface area contributed by atoms with E-state index in [1.807, 2.05) is 35.2 Å². The Morgan fingerprint density at radius 2 is 1.88 bits per heavy atom. The van der Waals surface area contributed by atoms with Gasteiger partial charge in [-0.3, -0.25) is 5.10 Å². The number of hydrogen-bond acceptors (Lipinski definition) is 6. The molecule has 4 heterocycles. The first-order valence-corrected chi connectivity index (χ1v) is 14.9. The molecule has 11 nitrogen and oxygen atoms in total. The van der Waals surface area contributed by atoms with Crippen molar-refractivity contribution in [3.8, 4) is 0 Å². The summed E-state index contributed by atoms with van der Waals surface area (Å²) in [4.78, 5) is 45.5. The van der Waals surface area contributed by atoms with Crippen LogP contribution in [0.25, 0.3) is 10.9 Å². The van der Waals surface area contributed by atoms with Gasteiger partial charge in [0, 0.05) is 56.3 Å². The lowest BCUT2D eigenvalue weighted by Crippen LogP contribution is -2.55. The van der Waals surface area contributed by atoms with E-state index in [9.17, 15) is 14.4 Å². The molecule has 42 heavy (non-hydrogen) atoms. The maximum Gasteiger partial charge on any atom is 0.329 e. The van der Waals surface area contributed by atoms with Crippen molar-refractivity contribution in [2.24, 2.45) is 0 Å². The van der Waals surface area contributed by atoms with Crippen LogP contribution in [0.15, 0.2) is 42.6 Å². The fraction of sp³-hybridized carbons (Fsp3) is 0.467. The molecule has 0 radical (unpaired) electrons. The summed E-state index contributed by atoms with van der Waals surface area (Å²) < 4.78 is 5.90. The molecular weight excluding hydrogens is 558 g/mol. The highest BCUT2D eigenvalue weighted by Gasteiger charge is 2.34. The summed E-state index contributed by atoms with van der Waals surface area (Å²) >= 11 is 6.46. The number of piperidine rings is 2. The molecule has 0 bridgehead atoms. The number of halogens is 1. The van der Waals surface area contributed by atoms with Crippen LogP contribution in [0.2, 0.25) is 5.02 Å². The number of aromatic amines is 1. The lowest BCUT2D eigenvalue weighted by atomic mass is 10.0. The molecule has 3 N–H and O–H groups in total. The van der Waals surface area contributed by atoms with Crippen LogP contribution in [0.5, 0.6) is 0 Å². The Morgan fingerprint density at radius 1 is 1.12 bits per heavy atom. The number of H-pyrrole nitrogens is 1. The van der Waals surface area contributed by atoms with Crippen LogP contribution >= 0.6 is 11.6 Å². The summed E-state index contributed by atoms with van der Waals surface area (Å²) in [5.41, 5.74) is 3.46. The van der Waals surface area contributed by atoms with Gasteiger partial charge >= 0.3 is 18.0 Å². The number of hydrogen-bond donors (Lipinski definition) is 3. The molecule has 0 saturated carbocycles. The van der Waals surface area contributed by atoms with Crippen molar-refractivity contribution >= 4 is 46.2 Å². The summed E-state index contributed by atoms with van der Waals surface area (Å²) in [6.07, 6.45) is 4.57. The summed E-state index contributed by atoms with van der Waals surface area (Å²) in [5.74, 6) is -0.445. The molecule has 3 aromatic rings. The molecule has 2 aromatic carbocycles. The largest absolute Gasteiger partial charge is 0.461 e.